The Bertz CT molecular complexity index is 323. The van der Waals surface area contributed by atoms with Gasteiger partial charge in [-0.3, -0.25) is 0 Å². The zero-order valence-electron chi connectivity index (χ0n) is 10.6. The number of ether oxygens (including phenoxy) is 1. The van der Waals surface area contributed by atoms with Crippen molar-refractivity contribution in [3.63, 3.8) is 0 Å². The van der Waals surface area contributed by atoms with Gasteiger partial charge >= 0.3 is 0 Å². The van der Waals surface area contributed by atoms with E-state index in [1.165, 1.54) is 24.8 Å². The maximum absolute atomic E-state index is 9.46. The number of aliphatic hydroxyl groups is 1. The molecule has 1 N–H and O–H groups in total. The third-order valence-corrected chi connectivity index (χ3v) is 3.82. The highest BCUT2D eigenvalue weighted by atomic mass is 16.5. The maximum Gasteiger partial charge on any atom is 0.118 e. The first kappa shape index (κ1) is 12.4. The van der Waals surface area contributed by atoms with E-state index in [4.69, 9.17) is 4.74 Å². The summed E-state index contributed by atoms with van der Waals surface area (Å²) in [5, 5.41) is 9.46. The first-order chi connectivity index (χ1) is 8.28. The fourth-order valence-electron chi connectivity index (χ4n) is 2.60. The van der Waals surface area contributed by atoms with E-state index in [2.05, 4.69) is 12.1 Å². The third-order valence-electron chi connectivity index (χ3n) is 3.82. The molecule has 0 atom stereocenters. The first-order valence-electron chi connectivity index (χ1n) is 6.59. The van der Waals surface area contributed by atoms with Gasteiger partial charge < -0.3 is 9.84 Å². The van der Waals surface area contributed by atoms with Crippen LogP contribution < -0.4 is 4.74 Å². The molecule has 2 rings (SSSR count). The molecule has 0 radical (unpaired) electrons. The third kappa shape index (κ3) is 3.74. The van der Waals surface area contributed by atoms with Gasteiger partial charge in [0.05, 0.1) is 13.2 Å². The van der Waals surface area contributed by atoms with Crippen molar-refractivity contribution in [2.75, 3.05) is 7.11 Å². The number of hydrogen-bond acceptors (Lipinski definition) is 2. The van der Waals surface area contributed by atoms with Crippen LogP contribution in [0.15, 0.2) is 24.3 Å². The molecule has 17 heavy (non-hydrogen) atoms. The van der Waals surface area contributed by atoms with Gasteiger partial charge in [-0.25, -0.2) is 0 Å². The van der Waals surface area contributed by atoms with Gasteiger partial charge in [0.2, 0.25) is 0 Å². The van der Waals surface area contributed by atoms with Crippen LogP contribution in [0, 0.1) is 5.92 Å². The standard InChI is InChI=1S/C15H22O2/c1-17-15-10-6-13(7-11-15)3-2-12-4-8-14(16)9-5-12/h6-7,10-12,14,16H,2-5,8-9H2,1H3/t12-,14-. The monoisotopic (exact) mass is 234 g/mol. The van der Waals surface area contributed by atoms with Crippen molar-refractivity contribution in [2.45, 2.75) is 44.6 Å². The van der Waals surface area contributed by atoms with E-state index in [0.717, 1.165) is 30.9 Å². The molecule has 1 aliphatic rings. The molecular weight excluding hydrogens is 212 g/mol. The summed E-state index contributed by atoms with van der Waals surface area (Å²) in [7, 11) is 1.70. The Morgan fingerprint density at radius 2 is 1.76 bits per heavy atom. The summed E-state index contributed by atoms with van der Waals surface area (Å²) in [6.45, 7) is 0. The summed E-state index contributed by atoms with van der Waals surface area (Å²) in [5.41, 5.74) is 1.39. The van der Waals surface area contributed by atoms with Crippen molar-refractivity contribution >= 4 is 0 Å². The number of aryl methyl sites for hydroxylation is 1. The second-order valence-corrected chi connectivity index (χ2v) is 5.06. The molecule has 0 bridgehead atoms. The molecule has 0 amide bonds. The van der Waals surface area contributed by atoms with E-state index in [1.54, 1.807) is 7.11 Å². The van der Waals surface area contributed by atoms with Crippen molar-refractivity contribution in [2.24, 2.45) is 5.92 Å². The van der Waals surface area contributed by atoms with E-state index >= 15 is 0 Å². The average Bonchev–Trinajstić information content (AvgIpc) is 2.39. The van der Waals surface area contributed by atoms with Crippen LogP contribution in [-0.2, 0) is 6.42 Å². The van der Waals surface area contributed by atoms with Crippen LogP contribution in [-0.4, -0.2) is 18.3 Å². The summed E-state index contributed by atoms with van der Waals surface area (Å²) >= 11 is 0. The van der Waals surface area contributed by atoms with E-state index in [9.17, 15) is 5.11 Å². The number of benzene rings is 1. The highest BCUT2D eigenvalue weighted by Crippen LogP contribution is 2.28. The lowest BCUT2D eigenvalue weighted by molar-refractivity contribution is 0.106. The van der Waals surface area contributed by atoms with Crippen LogP contribution in [0.4, 0.5) is 0 Å². The Morgan fingerprint density at radius 3 is 2.35 bits per heavy atom. The van der Waals surface area contributed by atoms with Gasteiger partial charge in [-0.2, -0.15) is 0 Å². The molecule has 1 aliphatic carbocycles. The zero-order chi connectivity index (χ0) is 12.1. The van der Waals surface area contributed by atoms with Gasteiger partial charge in [-0.15, -0.1) is 0 Å². The topological polar surface area (TPSA) is 29.5 Å². The van der Waals surface area contributed by atoms with Crippen molar-refractivity contribution in [1.29, 1.82) is 0 Å². The van der Waals surface area contributed by atoms with Crippen molar-refractivity contribution in [3.05, 3.63) is 29.8 Å². The second-order valence-electron chi connectivity index (χ2n) is 5.06. The Labute approximate surface area is 104 Å². The molecule has 94 valence electrons. The summed E-state index contributed by atoms with van der Waals surface area (Å²) in [5.74, 6) is 1.73. The van der Waals surface area contributed by atoms with Crippen LogP contribution in [0.5, 0.6) is 5.75 Å². The maximum atomic E-state index is 9.46. The highest BCUT2D eigenvalue weighted by Gasteiger charge is 2.18. The van der Waals surface area contributed by atoms with Crippen LogP contribution in [0.25, 0.3) is 0 Å². The highest BCUT2D eigenvalue weighted by molar-refractivity contribution is 5.27. The van der Waals surface area contributed by atoms with Gasteiger partial charge in [-0.05, 0) is 62.1 Å². The Balaban J connectivity index is 1.77. The largest absolute Gasteiger partial charge is 0.497 e. The van der Waals surface area contributed by atoms with Gasteiger partial charge in [0.1, 0.15) is 5.75 Å². The first-order valence-corrected chi connectivity index (χ1v) is 6.59. The molecule has 0 spiro atoms. The second kappa shape index (κ2) is 6.06. The Morgan fingerprint density at radius 1 is 1.12 bits per heavy atom. The zero-order valence-corrected chi connectivity index (χ0v) is 10.6. The summed E-state index contributed by atoms with van der Waals surface area (Å²) in [6, 6.07) is 8.35. The lowest BCUT2D eigenvalue weighted by Crippen LogP contribution is -2.18. The van der Waals surface area contributed by atoms with Gasteiger partial charge in [-0.1, -0.05) is 12.1 Å². The van der Waals surface area contributed by atoms with Gasteiger partial charge in [0.15, 0.2) is 0 Å². The van der Waals surface area contributed by atoms with E-state index < -0.39 is 0 Å². The minimum Gasteiger partial charge on any atom is -0.497 e. The number of aliphatic hydroxyl groups excluding tert-OH is 1. The molecular formula is C15H22O2. The summed E-state index contributed by atoms with van der Waals surface area (Å²) in [6.07, 6.45) is 6.73. The van der Waals surface area contributed by atoms with Crippen LogP contribution >= 0.6 is 0 Å². The van der Waals surface area contributed by atoms with Crippen molar-refractivity contribution in [3.8, 4) is 5.75 Å². The van der Waals surface area contributed by atoms with Crippen molar-refractivity contribution in [1.82, 2.24) is 0 Å². The molecule has 1 aromatic rings. The fourth-order valence-corrected chi connectivity index (χ4v) is 2.60. The van der Waals surface area contributed by atoms with Crippen LogP contribution in [0.3, 0.4) is 0 Å². The predicted molar refractivity (Wildman–Crippen MR) is 69.3 cm³/mol. The Hall–Kier alpha value is -1.02. The van der Waals surface area contributed by atoms with Crippen molar-refractivity contribution < 1.29 is 9.84 Å². The van der Waals surface area contributed by atoms with Gasteiger partial charge in [0, 0.05) is 0 Å². The molecule has 2 heteroatoms. The molecule has 1 aromatic carbocycles. The van der Waals surface area contributed by atoms with Crippen LogP contribution in [0.1, 0.15) is 37.7 Å². The minimum absolute atomic E-state index is 0.0350. The normalized spacial score (nSPS) is 24.6. The smallest absolute Gasteiger partial charge is 0.118 e. The molecule has 0 saturated heterocycles. The lowest BCUT2D eigenvalue weighted by Gasteiger charge is -2.25. The SMILES string of the molecule is COc1ccc(CC[C@H]2CC[C@H](O)CC2)cc1. The summed E-state index contributed by atoms with van der Waals surface area (Å²) in [4.78, 5) is 0. The summed E-state index contributed by atoms with van der Waals surface area (Å²) < 4.78 is 5.15. The quantitative estimate of drug-likeness (QED) is 0.867. The molecule has 0 aliphatic heterocycles. The molecule has 1 saturated carbocycles. The number of rotatable bonds is 4. The van der Waals surface area contributed by atoms with Crippen LogP contribution in [0.2, 0.25) is 0 Å². The van der Waals surface area contributed by atoms with E-state index in [1.807, 2.05) is 12.1 Å². The molecule has 2 nitrogen and oxygen atoms in total. The predicted octanol–water partition coefficient (Wildman–Crippen LogP) is 3.18. The fraction of sp³-hybridized carbons (Fsp3) is 0.600. The Kier molecular flexibility index (Phi) is 4.43. The molecule has 0 aromatic heterocycles. The average molecular weight is 234 g/mol. The van der Waals surface area contributed by atoms with E-state index in [-0.39, 0.29) is 6.10 Å². The molecule has 0 unspecified atom stereocenters. The minimum atomic E-state index is -0.0350. The number of methoxy groups -OCH3 is 1. The lowest BCUT2D eigenvalue weighted by atomic mass is 9.84. The van der Waals surface area contributed by atoms with E-state index in [0.29, 0.717) is 0 Å². The molecule has 1 fully saturated rings. The molecule has 0 heterocycles. The number of hydrogen-bond donors (Lipinski definition) is 1. The van der Waals surface area contributed by atoms with Gasteiger partial charge in [0.25, 0.3) is 0 Å².